The van der Waals surface area contributed by atoms with Crippen molar-refractivity contribution in [3.8, 4) is 0 Å². The van der Waals surface area contributed by atoms with Crippen molar-refractivity contribution < 1.29 is 34.2 Å². The summed E-state index contributed by atoms with van der Waals surface area (Å²) < 4.78 is 63.5. The summed E-state index contributed by atoms with van der Waals surface area (Å²) in [6.45, 7) is 8.90. The van der Waals surface area contributed by atoms with E-state index in [9.17, 15) is 0 Å². The van der Waals surface area contributed by atoms with Crippen LogP contribution in [0, 0.1) is 35.1 Å². The zero-order valence-electron chi connectivity index (χ0n) is 21.7. The van der Waals surface area contributed by atoms with Gasteiger partial charge in [0.2, 0.25) is 0 Å². The van der Waals surface area contributed by atoms with Crippen LogP contribution in [0.5, 0.6) is 0 Å². The van der Waals surface area contributed by atoms with E-state index in [4.69, 9.17) is 0 Å². The molecule has 0 unspecified atom stereocenters. The van der Waals surface area contributed by atoms with Gasteiger partial charge in [0.25, 0.3) is 0 Å². The van der Waals surface area contributed by atoms with Crippen LogP contribution in [0.15, 0.2) is 72.9 Å². The Balaban J connectivity index is 2.07. The van der Waals surface area contributed by atoms with Crippen LogP contribution >= 0.6 is 0 Å². The molecule has 7 heteroatoms. The number of benzene rings is 2. The topological polar surface area (TPSA) is 24.1 Å². The fourth-order valence-corrected chi connectivity index (χ4v) is 14.1. The summed E-state index contributed by atoms with van der Waals surface area (Å²) in [5, 5.41) is 6.15. The zero-order chi connectivity index (χ0) is 26.7. The van der Waals surface area contributed by atoms with Crippen LogP contribution in [0.3, 0.4) is 0 Å². The van der Waals surface area contributed by atoms with E-state index < -0.39 is 48.3 Å². The first-order chi connectivity index (χ1) is 17.7. The quantitative estimate of drug-likeness (QED) is 0.241. The molecule has 0 radical (unpaired) electrons. The molecule has 0 fully saturated rings. The molecule has 0 heterocycles. The van der Waals surface area contributed by atoms with E-state index in [1.807, 2.05) is 52.0 Å². The van der Waals surface area contributed by atoms with Gasteiger partial charge in [-0.05, 0) is 0 Å². The van der Waals surface area contributed by atoms with Gasteiger partial charge in [-0.3, -0.25) is 0 Å². The van der Waals surface area contributed by atoms with Crippen LogP contribution in [0.2, 0.25) is 8.45 Å². The van der Waals surface area contributed by atoms with Crippen molar-refractivity contribution in [2.75, 3.05) is 23.7 Å². The molecule has 0 aromatic heterocycles. The van der Waals surface area contributed by atoms with Crippen molar-refractivity contribution in [3.63, 3.8) is 0 Å². The maximum absolute atomic E-state index is 16.5. The predicted octanol–water partition coefficient (Wildman–Crippen LogP) is 7.31. The van der Waals surface area contributed by atoms with Gasteiger partial charge in [0, 0.05) is 0 Å². The second kappa shape index (κ2) is 11.4. The summed E-state index contributed by atoms with van der Waals surface area (Å²) in [4.78, 5) is 0. The molecule has 0 spiro atoms. The van der Waals surface area contributed by atoms with Gasteiger partial charge in [0.15, 0.2) is 0 Å². The Labute approximate surface area is 220 Å². The number of rotatable bonds is 10. The van der Waals surface area contributed by atoms with Gasteiger partial charge in [-0.15, -0.1) is 0 Å². The molecule has 2 aromatic rings. The van der Waals surface area contributed by atoms with Gasteiger partial charge >= 0.3 is 221 Å². The Morgan fingerprint density at radius 1 is 0.622 bits per heavy atom. The van der Waals surface area contributed by atoms with E-state index in [-0.39, 0.29) is 30.9 Å². The van der Waals surface area contributed by atoms with Crippen molar-refractivity contribution in [1.82, 2.24) is 0 Å². The van der Waals surface area contributed by atoms with E-state index in [0.29, 0.717) is 13.1 Å². The average molecular weight is 546 g/mol. The van der Waals surface area contributed by atoms with Gasteiger partial charge in [0.05, 0.1) is 0 Å². The van der Waals surface area contributed by atoms with Crippen LogP contribution in [-0.4, -0.2) is 13.1 Å². The Bertz CT molecular complexity index is 1140. The molecule has 0 saturated carbocycles. The van der Waals surface area contributed by atoms with Gasteiger partial charge in [-0.1, -0.05) is 0 Å². The number of allylic oxidation sites excluding steroid dienone is 8. The van der Waals surface area contributed by atoms with Crippen LogP contribution in [-0.2, 0) is 16.6 Å². The Morgan fingerprint density at radius 3 is 1.30 bits per heavy atom. The number of hydrogen-bond acceptors (Lipinski definition) is 2. The summed E-state index contributed by atoms with van der Waals surface area (Å²) in [6, 6.07) is 5.19. The van der Waals surface area contributed by atoms with E-state index in [2.05, 4.69) is 10.6 Å². The summed E-state index contributed by atoms with van der Waals surface area (Å²) in [7, 11) is 0. The molecule has 4 rings (SSSR count). The molecule has 196 valence electrons. The number of nitrogens with one attached hydrogen (secondary N) is 2. The SMILES string of the molecule is CC(C)CNc1ccc(F)[c]([Ti]([c]2c(F)ccc(NCC(C)C)c2F)([CH]2C=CC=C2)[CH]2C=CC=C2)c1F. The summed E-state index contributed by atoms with van der Waals surface area (Å²) in [6.07, 6.45) is 14.5. The van der Waals surface area contributed by atoms with Gasteiger partial charge in [0.1, 0.15) is 0 Å². The second-order valence-electron chi connectivity index (χ2n) is 10.6. The Morgan fingerprint density at radius 2 is 0.973 bits per heavy atom. The molecule has 2 nitrogen and oxygen atoms in total. The summed E-state index contributed by atoms with van der Waals surface area (Å²) in [5.74, 6) is -2.62. The molecular weight excluding hydrogens is 512 g/mol. The van der Waals surface area contributed by atoms with Crippen molar-refractivity contribution in [2.24, 2.45) is 11.8 Å². The third-order valence-corrected chi connectivity index (χ3v) is 15.5. The average Bonchev–Trinajstić information content (AvgIpc) is 3.57. The van der Waals surface area contributed by atoms with Crippen molar-refractivity contribution in [1.29, 1.82) is 0 Å². The third-order valence-electron chi connectivity index (χ3n) is 6.96. The normalized spacial score (nSPS) is 15.6. The van der Waals surface area contributed by atoms with E-state index in [1.54, 1.807) is 24.3 Å². The maximum atomic E-state index is 16.5. The first-order valence-corrected chi connectivity index (χ1v) is 16.2. The minimum absolute atomic E-state index is 0.145. The van der Waals surface area contributed by atoms with E-state index >= 15 is 17.6 Å². The van der Waals surface area contributed by atoms with Crippen LogP contribution in [0.25, 0.3) is 0 Å². The third kappa shape index (κ3) is 5.24. The van der Waals surface area contributed by atoms with Crippen molar-refractivity contribution >= 4 is 19.1 Å². The Hall–Kier alpha value is -2.57. The molecular formula is C30H34F4N2Ti. The van der Waals surface area contributed by atoms with Crippen molar-refractivity contribution in [2.45, 2.75) is 36.1 Å². The minimum atomic E-state index is -4.73. The van der Waals surface area contributed by atoms with Crippen LogP contribution < -0.4 is 18.4 Å². The molecule has 0 aliphatic heterocycles. The van der Waals surface area contributed by atoms with Gasteiger partial charge < -0.3 is 0 Å². The summed E-state index contributed by atoms with van der Waals surface area (Å²) in [5.41, 5.74) is 0.291. The first kappa shape index (κ1) is 27.5. The number of halogens is 4. The zero-order valence-corrected chi connectivity index (χ0v) is 23.2. The molecule has 2 aliphatic carbocycles. The fourth-order valence-electron chi connectivity index (χ4n) is 5.25. The number of anilines is 2. The standard InChI is InChI=1S/2C10H12F2N.2C5H5.Ti/c2*1-7(2)6-13-10-4-3-8(11)5-9(10)12;2*1-2-4-5-3-1;/h2*3-4,7,13H,6H2,1-2H3;2*1-5H;. The first-order valence-electron chi connectivity index (χ1n) is 12.8. The monoisotopic (exact) mass is 546 g/mol. The fraction of sp³-hybridized carbons (Fsp3) is 0.333. The molecule has 0 amide bonds. The Kier molecular flexibility index (Phi) is 8.50. The van der Waals surface area contributed by atoms with Crippen molar-refractivity contribution in [3.05, 3.63) is 96.1 Å². The molecule has 0 saturated heterocycles. The number of hydrogen-bond donors (Lipinski definition) is 2. The summed E-state index contributed by atoms with van der Waals surface area (Å²) >= 11 is -4.73. The molecule has 0 bridgehead atoms. The molecule has 0 atom stereocenters. The van der Waals surface area contributed by atoms with Gasteiger partial charge in [-0.2, -0.15) is 0 Å². The molecule has 2 N–H and O–H groups in total. The second-order valence-corrected chi connectivity index (χ2v) is 16.9. The van der Waals surface area contributed by atoms with E-state index in [0.717, 1.165) is 0 Å². The van der Waals surface area contributed by atoms with E-state index in [1.165, 1.54) is 24.3 Å². The van der Waals surface area contributed by atoms with Crippen LogP contribution in [0.1, 0.15) is 27.7 Å². The van der Waals surface area contributed by atoms with Gasteiger partial charge in [-0.25, -0.2) is 0 Å². The molecule has 2 aromatic carbocycles. The predicted molar refractivity (Wildman–Crippen MR) is 143 cm³/mol. The molecule has 2 aliphatic rings. The van der Waals surface area contributed by atoms with Crippen LogP contribution in [0.4, 0.5) is 28.9 Å². The molecule has 37 heavy (non-hydrogen) atoms.